The van der Waals surface area contributed by atoms with Gasteiger partial charge in [-0.15, -0.1) is 0 Å². The second-order valence-corrected chi connectivity index (χ2v) is 7.61. The van der Waals surface area contributed by atoms with Crippen LogP contribution in [0.25, 0.3) is 21.1 Å². The number of aryl methyl sites for hydroxylation is 1. The fraction of sp³-hybridized carbons (Fsp3) is 0.190. The van der Waals surface area contributed by atoms with E-state index in [1.54, 1.807) is 12.4 Å². The number of aromatic amines is 1. The van der Waals surface area contributed by atoms with E-state index in [0.717, 1.165) is 39.9 Å². The molecule has 1 N–H and O–H groups in total. The zero-order valence-corrected chi connectivity index (χ0v) is 15.4. The van der Waals surface area contributed by atoms with Crippen LogP contribution in [0.5, 0.6) is 0 Å². The highest BCUT2D eigenvalue weighted by molar-refractivity contribution is 7.12. The molecule has 0 spiro atoms. The first kappa shape index (κ1) is 16.0. The SMILES string of the molecule is Cc1cc2c(=O)c3c(=O)[nH]sc3n(C3CC3)c2cc1C#Cc1cccnc1. The van der Waals surface area contributed by atoms with Gasteiger partial charge in [-0.2, -0.15) is 0 Å². The Bertz CT molecular complexity index is 1380. The number of hydrogen-bond acceptors (Lipinski definition) is 4. The highest BCUT2D eigenvalue weighted by atomic mass is 32.1. The highest BCUT2D eigenvalue weighted by Crippen LogP contribution is 2.40. The monoisotopic (exact) mass is 373 g/mol. The van der Waals surface area contributed by atoms with Crippen molar-refractivity contribution < 1.29 is 0 Å². The largest absolute Gasteiger partial charge is 0.328 e. The van der Waals surface area contributed by atoms with E-state index in [4.69, 9.17) is 0 Å². The van der Waals surface area contributed by atoms with E-state index in [1.165, 1.54) is 11.5 Å². The standard InChI is InChI=1S/C21H15N3O2S/c1-12-9-16-17(10-14(12)5-4-13-3-2-8-22-11-13)24(15-6-7-15)21-18(19(16)25)20(26)23-27-21/h2-3,8-11,15H,6-7H2,1H3,(H,23,26). The van der Waals surface area contributed by atoms with Crippen LogP contribution < -0.4 is 11.0 Å². The lowest BCUT2D eigenvalue weighted by molar-refractivity contribution is 0.805. The van der Waals surface area contributed by atoms with Crippen molar-refractivity contribution in [1.82, 2.24) is 13.9 Å². The first-order valence-electron chi connectivity index (χ1n) is 8.75. The Balaban J connectivity index is 1.82. The molecule has 1 aliphatic carbocycles. The zero-order chi connectivity index (χ0) is 18.5. The second kappa shape index (κ2) is 5.93. The number of nitrogens with one attached hydrogen (secondary N) is 1. The topological polar surface area (TPSA) is 67.8 Å². The Labute approximate surface area is 158 Å². The lowest BCUT2D eigenvalue weighted by atomic mass is 10.0. The van der Waals surface area contributed by atoms with Gasteiger partial charge in [-0.1, -0.05) is 11.8 Å². The van der Waals surface area contributed by atoms with Crippen molar-refractivity contribution in [2.45, 2.75) is 25.8 Å². The third-order valence-corrected chi connectivity index (χ3v) is 5.77. The first-order chi connectivity index (χ1) is 13.1. The summed E-state index contributed by atoms with van der Waals surface area (Å²) >= 11 is 1.24. The van der Waals surface area contributed by atoms with Crippen molar-refractivity contribution in [2.24, 2.45) is 0 Å². The van der Waals surface area contributed by atoms with Crippen LogP contribution in [0, 0.1) is 18.8 Å². The van der Waals surface area contributed by atoms with Gasteiger partial charge >= 0.3 is 0 Å². The minimum absolute atomic E-state index is 0.200. The van der Waals surface area contributed by atoms with E-state index in [0.29, 0.717) is 11.4 Å². The Morgan fingerprint density at radius 3 is 2.85 bits per heavy atom. The molecule has 1 aromatic carbocycles. The molecule has 0 atom stereocenters. The molecule has 5 nitrogen and oxygen atoms in total. The normalized spacial score (nSPS) is 13.7. The van der Waals surface area contributed by atoms with Crippen LogP contribution in [0.2, 0.25) is 0 Å². The maximum Gasteiger partial charge on any atom is 0.271 e. The molecule has 6 heteroatoms. The van der Waals surface area contributed by atoms with Crippen LogP contribution in [0.15, 0.2) is 46.2 Å². The number of fused-ring (bicyclic) bond motifs is 2. The highest BCUT2D eigenvalue weighted by Gasteiger charge is 2.28. The zero-order valence-electron chi connectivity index (χ0n) is 14.6. The van der Waals surface area contributed by atoms with Gasteiger partial charge in [0.15, 0.2) is 0 Å². The van der Waals surface area contributed by atoms with Crippen LogP contribution in [0.1, 0.15) is 35.6 Å². The van der Waals surface area contributed by atoms with Gasteiger partial charge in [0.2, 0.25) is 5.43 Å². The summed E-state index contributed by atoms with van der Waals surface area (Å²) in [5.74, 6) is 6.34. The molecular formula is C21H15N3O2S. The maximum absolute atomic E-state index is 12.9. The summed E-state index contributed by atoms with van der Waals surface area (Å²) in [6.45, 7) is 1.94. The fourth-order valence-corrected chi connectivity index (χ4v) is 4.32. The number of H-pyrrole nitrogens is 1. The number of nitrogens with zero attached hydrogens (tertiary/aromatic N) is 2. The van der Waals surface area contributed by atoms with Gasteiger partial charge in [-0.05, 0) is 61.1 Å². The second-order valence-electron chi connectivity index (χ2n) is 6.82. The molecule has 27 heavy (non-hydrogen) atoms. The van der Waals surface area contributed by atoms with Crippen LogP contribution in [0.4, 0.5) is 0 Å². The van der Waals surface area contributed by atoms with Crippen LogP contribution in [-0.2, 0) is 0 Å². The average Bonchev–Trinajstić information content (AvgIpc) is 3.44. The van der Waals surface area contributed by atoms with Crippen molar-refractivity contribution in [1.29, 1.82) is 0 Å². The van der Waals surface area contributed by atoms with E-state index in [9.17, 15) is 9.59 Å². The molecule has 0 saturated heterocycles. The van der Waals surface area contributed by atoms with Gasteiger partial charge in [-0.3, -0.25) is 18.9 Å². The lowest BCUT2D eigenvalue weighted by Crippen LogP contribution is -2.15. The minimum Gasteiger partial charge on any atom is -0.328 e. The summed E-state index contributed by atoms with van der Waals surface area (Å²) in [5, 5.41) is 0.857. The van der Waals surface area contributed by atoms with Crippen molar-refractivity contribution >= 4 is 32.7 Å². The molecule has 3 aromatic heterocycles. The third kappa shape index (κ3) is 2.59. The molecule has 0 aliphatic heterocycles. The molecule has 1 aliphatic rings. The smallest absolute Gasteiger partial charge is 0.271 e. The molecule has 5 rings (SSSR count). The van der Waals surface area contributed by atoms with E-state index >= 15 is 0 Å². The first-order valence-corrected chi connectivity index (χ1v) is 9.57. The van der Waals surface area contributed by atoms with Gasteiger partial charge in [-0.25, -0.2) is 0 Å². The Morgan fingerprint density at radius 2 is 2.11 bits per heavy atom. The molecule has 1 saturated carbocycles. The van der Waals surface area contributed by atoms with E-state index in [1.807, 2.05) is 31.2 Å². The molecule has 3 heterocycles. The lowest BCUT2D eigenvalue weighted by Gasteiger charge is -2.12. The van der Waals surface area contributed by atoms with E-state index in [2.05, 4.69) is 25.8 Å². The molecular weight excluding hydrogens is 358 g/mol. The number of aromatic nitrogens is 3. The predicted molar refractivity (Wildman–Crippen MR) is 107 cm³/mol. The predicted octanol–water partition coefficient (Wildman–Crippen LogP) is 3.34. The summed E-state index contributed by atoms with van der Waals surface area (Å²) in [4.78, 5) is 29.9. The molecule has 0 radical (unpaired) electrons. The Kier molecular flexibility index (Phi) is 3.52. The maximum atomic E-state index is 12.9. The average molecular weight is 373 g/mol. The molecule has 132 valence electrons. The van der Waals surface area contributed by atoms with Crippen LogP contribution in [0.3, 0.4) is 0 Å². The number of pyridine rings is 2. The Hall–Kier alpha value is -3.17. The van der Waals surface area contributed by atoms with Crippen molar-refractivity contribution in [3.63, 3.8) is 0 Å². The van der Waals surface area contributed by atoms with Crippen molar-refractivity contribution in [3.05, 3.63) is 73.9 Å². The number of benzene rings is 1. The van der Waals surface area contributed by atoms with E-state index < -0.39 is 0 Å². The van der Waals surface area contributed by atoms with Gasteiger partial charge in [0.25, 0.3) is 5.56 Å². The quantitative estimate of drug-likeness (QED) is 0.520. The molecule has 1 fully saturated rings. The van der Waals surface area contributed by atoms with Gasteiger partial charge < -0.3 is 4.57 Å². The summed E-state index contributed by atoms with van der Waals surface area (Å²) in [6, 6.07) is 7.95. The summed E-state index contributed by atoms with van der Waals surface area (Å²) in [6.07, 6.45) is 5.56. The molecule has 0 unspecified atom stereocenters. The Morgan fingerprint density at radius 1 is 1.26 bits per heavy atom. The van der Waals surface area contributed by atoms with E-state index in [-0.39, 0.29) is 16.4 Å². The molecule has 0 amide bonds. The summed E-state index contributed by atoms with van der Waals surface area (Å²) in [7, 11) is 0. The van der Waals surface area contributed by atoms with Crippen molar-refractivity contribution in [3.8, 4) is 11.8 Å². The number of rotatable bonds is 1. The summed E-state index contributed by atoms with van der Waals surface area (Å²) < 4.78 is 4.86. The minimum atomic E-state index is -0.297. The van der Waals surface area contributed by atoms with Crippen LogP contribution in [-0.4, -0.2) is 13.9 Å². The van der Waals surface area contributed by atoms with Gasteiger partial charge in [0.05, 0.1) is 5.52 Å². The summed E-state index contributed by atoms with van der Waals surface area (Å²) in [5.41, 5.74) is 3.00. The third-order valence-electron chi connectivity index (χ3n) is 4.89. The molecule has 0 bridgehead atoms. The number of hydrogen-bond donors (Lipinski definition) is 1. The van der Waals surface area contributed by atoms with Gasteiger partial charge in [0, 0.05) is 34.9 Å². The van der Waals surface area contributed by atoms with Gasteiger partial charge in [0.1, 0.15) is 10.2 Å². The molecule has 4 aromatic rings. The van der Waals surface area contributed by atoms with Crippen LogP contribution >= 0.6 is 11.5 Å². The fourth-order valence-electron chi connectivity index (χ4n) is 3.39. The van der Waals surface area contributed by atoms with Crippen molar-refractivity contribution in [2.75, 3.05) is 0 Å².